The fraction of sp³-hybridized carbons (Fsp3) is 0.158. The van der Waals surface area contributed by atoms with Crippen LogP contribution in [0.2, 0.25) is 0 Å². The summed E-state index contributed by atoms with van der Waals surface area (Å²) in [5.74, 6) is 0.507. The highest BCUT2D eigenvalue weighted by Crippen LogP contribution is 2.23. The molecule has 0 spiro atoms. The van der Waals surface area contributed by atoms with Gasteiger partial charge in [-0.15, -0.1) is 0 Å². The van der Waals surface area contributed by atoms with E-state index in [1.807, 2.05) is 56.3 Å². The molecule has 0 unspecified atom stereocenters. The van der Waals surface area contributed by atoms with Crippen LogP contribution >= 0.6 is 28.1 Å². The van der Waals surface area contributed by atoms with Crippen molar-refractivity contribution in [3.8, 4) is 5.75 Å². The number of nitrogens with one attached hydrogen (secondary N) is 2. The molecule has 1 amide bonds. The molecule has 4 nitrogen and oxygen atoms in total. The van der Waals surface area contributed by atoms with Crippen molar-refractivity contribution in [1.29, 1.82) is 0 Å². The monoisotopic (exact) mass is 418 g/mol. The molecule has 130 valence electrons. The number of halogens is 1. The summed E-state index contributed by atoms with van der Waals surface area (Å²) in [6.07, 6.45) is 3.16. The van der Waals surface area contributed by atoms with Crippen molar-refractivity contribution in [3.63, 3.8) is 0 Å². The molecule has 0 atom stereocenters. The number of amides is 1. The van der Waals surface area contributed by atoms with Gasteiger partial charge in [-0.05, 0) is 83.5 Å². The Balaban J connectivity index is 1.89. The quantitative estimate of drug-likeness (QED) is 0.546. The number of hydrogen-bond acceptors (Lipinski definition) is 3. The summed E-state index contributed by atoms with van der Waals surface area (Å²) in [5.41, 5.74) is 2.83. The average Bonchev–Trinajstić information content (AvgIpc) is 2.57. The highest BCUT2D eigenvalue weighted by atomic mass is 79.9. The summed E-state index contributed by atoms with van der Waals surface area (Å²) in [6, 6.07) is 13.3. The first-order valence-corrected chi connectivity index (χ1v) is 8.97. The molecule has 25 heavy (non-hydrogen) atoms. The number of anilines is 1. The number of aryl methyl sites for hydroxylation is 1. The third kappa shape index (κ3) is 6.32. The van der Waals surface area contributed by atoms with Gasteiger partial charge in [-0.1, -0.05) is 18.2 Å². The molecule has 0 heterocycles. The van der Waals surface area contributed by atoms with E-state index in [-0.39, 0.29) is 11.0 Å². The maximum Gasteiger partial charge on any atom is 0.250 e. The number of rotatable bonds is 5. The van der Waals surface area contributed by atoms with E-state index in [2.05, 4.69) is 26.6 Å². The van der Waals surface area contributed by atoms with Crippen LogP contribution in [0, 0.1) is 6.92 Å². The second-order valence-corrected chi connectivity index (χ2v) is 6.52. The summed E-state index contributed by atoms with van der Waals surface area (Å²) in [6.45, 7) is 4.56. The van der Waals surface area contributed by atoms with E-state index in [1.165, 1.54) is 6.08 Å². The van der Waals surface area contributed by atoms with Crippen molar-refractivity contribution in [2.24, 2.45) is 0 Å². The first kappa shape index (κ1) is 19.1. The fourth-order valence-electron chi connectivity index (χ4n) is 2.04. The van der Waals surface area contributed by atoms with Crippen LogP contribution in [0.5, 0.6) is 5.75 Å². The van der Waals surface area contributed by atoms with Crippen molar-refractivity contribution in [3.05, 3.63) is 64.1 Å². The molecule has 6 heteroatoms. The largest absolute Gasteiger partial charge is 0.494 e. The molecule has 0 aliphatic heterocycles. The summed E-state index contributed by atoms with van der Waals surface area (Å²) < 4.78 is 6.26. The highest BCUT2D eigenvalue weighted by Gasteiger charge is 2.05. The van der Waals surface area contributed by atoms with E-state index < -0.39 is 0 Å². The molecular weight excluding hydrogens is 400 g/mol. The fourth-order valence-corrected chi connectivity index (χ4v) is 2.85. The van der Waals surface area contributed by atoms with Crippen LogP contribution in [0.4, 0.5) is 5.69 Å². The SMILES string of the molecule is CCOc1ccc(/C=C/C(=O)NC(=S)Nc2ccc(C)cc2Br)cc1. The van der Waals surface area contributed by atoms with Gasteiger partial charge in [0.25, 0.3) is 0 Å². The Labute approximate surface area is 161 Å². The molecule has 2 aromatic rings. The minimum absolute atomic E-state index is 0.242. The van der Waals surface area contributed by atoms with Crippen LogP contribution in [-0.2, 0) is 4.79 Å². The van der Waals surface area contributed by atoms with Crippen molar-refractivity contribution in [2.45, 2.75) is 13.8 Å². The lowest BCUT2D eigenvalue weighted by atomic mass is 10.2. The predicted molar refractivity (Wildman–Crippen MR) is 110 cm³/mol. The van der Waals surface area contributed by atoms with Crippen molar-refractivity contribution >= 4 is 50.9 Å². The zero-order valence-corrected chi connectivity index (χ0v) is 16.4. The molecule has 0 aliphatic rings. The maximum atomic E-state index is 12.0. The van der Waals surface area contributed by atoms with Gasteiger partial charge in [0.2, 0.25) is 5.91 Å². The smallest absolute Gasteiger partial charge is 0.250 e. The molecule has 2 aromatic carbocycles. The summed E-state index contributed by atoms with van der Waals surface area (Å²) >= 11 is 8.63. The Hall–Kier alpha value is -2.18. The number of ether oxygens (including phenoxy) is 1. The van der Waals surface area contributed by atoms with Gasteiger partial charge in [-0.2, -0.15) is 0 Å². The zero-order valence-electron chi connectivity index (χ0n) is 14.0. The van der Waals surface area contributed by atoms with Gasteiger partial charge >= 0.3 is 0 Å². The first-order valence-electron chi connectivity index (χ1n) is 7.77. The van der Waals surface area contributed by atoms with Gasteiger partial charge in [0.05, 0.1) is 12.3 Å². The zero-order chi connectivity index (χ0) is 18.2. The molecule has 0 fully saturated rings. The van der Waals surface area contributed by atoms with E-state index in [0.717, 1.165) is 27.0 Å². The van der Waals surface area contributed by atoms with Crippen LogP contribution in [0.25, 0.3) is 6.08 Å². The van der Waals surface area contributed by atoms with Crippen molar-refractivity contribution in [1.82, 2.24) is 5.32 Å². The Morgan fingerprint density at radius 1 is 1.24 bits per heavy atom. The minimum atomic E-state index is -0.297. The lowest BCUT2D eigenvalue weighted by Crippen LogP contribution is -2.32. The Bertz CT molecular complexity index is 789. The van der Waals surface area contributed by atoms with Crippen LogP contribution in [0.1, 0.15) is 18.1 Å². The van der Waals surface area contributed by atoms with Crippen LogP contribution in [0.15, 0.2) is 53.0 Å². The normalized spacial score (nSPS) is 10.5. The first-order chi connectivity index (χ1) is 12.0. The topological polar surface area (TPSA) is 50.4 Å². The van der Waals surface area contributed by atoms with Gasteiger partial charge in [-0.3, -0.25) is 10.1 Å². The Kier molecular flexibility index (Phi) is 7.16. The maximum absolute atomic E-state index is 12.0. The van der Waals surface area contributed by atoms with Gasteiger partial charge < -0.3 is 10.1 Å². The predicted octanol–water partition coefficient (Wildman–Crippen LogP) is 4.68. The van der Waals surface area contributed by atoms with Crippen LogP contribution in [-0.4, -0.2) is 17.6 Å². The number of hydrogen-bond donors (Lipinski definition) is 2. The van der Waals surface area contributed by atoms with Gasteiger partial charge in [0.15, 0.2) is 5.11 Å². The Morgan fingerprint density at radius 2 is 1.96 bits per heavy atom. The number of thiocarbonyl (C=S) groups is 1. The van der Waals surface area contributed by atoms with E-state index in [9.17, 15) is 4.79 Å². The second kappa shape index (κ2) is 9.34. The summed E-state index contributed by atoms with van der Waals surface area (Å²) in [4.78, 5) is 12.0. The molecule has 0 saturated heterocycles. The highest BCUT2D eigenvalue weighted by molar-refractivity contribution is 9.10. The van der Waals surface area contributed by atoms with E-state index in [1.54, 1.807) is 6.08 Å². The van der Waals surface area contributed by atoms with E-state index in [0.29, 0.717) is 6.61 Å². The molecule has 2 N–H and O–H groups in total. The van der Waals surface area contributed by atoms with Crippen LogP contribution in [0.3, 0.4) is 0 Å². The molecular formula is C19H19BrN2O2S. The minimum Gasteiger partial charge on any atom is -0.494 e. The van der Waals surface area contributed by atoms with Gasteiger partial charge in [-0.25, -0.2) is 0 Å². The van der Waals surface area contributed by atoms with Gasteiger partial charge in [0, 0.05) is 10.5 Å². The third-order valence-corrected chi connectivity index (χ3v) is 4.09. The molecule has 0 saturated carbocycles. The standard InChI is InChI=1S/C19H19BrN2O2S/c1-3-24-15-8-5-14(6-9-15)7-11-18(23)22-19(25)21-17-10-4-13(2)12-16(17)20/h4-12H,3H2,1-2H3,(H2,21,22,23,25)/b11-7+. The second-order valence-electron chi connectivity index (χ2n) is 5.26. The number of carbonyl (C=O) groups excluding carboxylic acids is 1. The van der Waals surface area contributed by atoms with Crippen LogP contribution < -0.4 is 15.4 Å². The molecule has 2 rings (SSSR count). The molecule has 0 aromatic heterocycles. The van der Waals surface area contributed by atoms with Crippen molar-refractivity contribution < 1.29 is 9.53 Å². The molecule has 0 aliphatic carbocycles. The Morgan fingerprint density at radius 3 is 2.60 bits per heavy atom. The van der Waals surface area contributed by atoms with Crippen molar-refractivity contribution in [2.75, 3.05) is 11.9 Å². The number of benzene rings is 2. The lowest BCUT2D eigenvalue weighted by Gasteiger charge is -2.10. The van der Waals surface area contributed by atoms with E-state index in [4.69, 9.17) is 17.0 Å². The number of carbonyl (C=O) groups is 1. The summed E-state index contributed by atoms with van der Waals surface area (Å²) in [7, 11) is 0. The van der Waals surface area contributed by atoms with E-state index >= 15 is 0 Å². The lowest BCUT2D eigenvalue weighted by molar-refractivity contribution is -0.115. The third-order valence-electron chi connectivity index (χ3n) is 3.23. The molecule has 0 bridgehead atoms. The molecule has 0 radical (unpaired) electrons. The average molecular weight is 419 g/mol. The van der Waals surface area contributed by atoms with Gasteiger partial charge in [0.1, 0.15) is 5.75 Å². The summed E-state index contributed by atoms with van der Waals surface area (Å²) in [5, 5.41) is 5.85.